The van der Waals surface area contributed by atoms with Crippen LogP contribution in [0.25, 0.3) is 0 Å². The number of piperidine rings is 1. The third-order valence-corrected chi connectivity index (χ3v) is 3.83. The lowest BCUT2D eigenvalue weighted by atomic mass is 9.97. The molecule has 2 heterocycles. The summed E-state index contributed by atoms with van der Waals surface area (Å²) in [5.41, 5.74) is 0. The van der Waals surface area contributed by atoms with Gasteiger partial charge < -0.3 is 15.0 Å². The third kappa shape index (κ3) is 5.16. The van der Waals surface area contributed by atoms with Gasteiger partial charge in [0.15, 0.2) is 0 Å². The van der Waals surface area contributed by atoms with Crippen molar-refractivity contribution in [3.8, 4) is 5.88 Å². The zero-order valence-corrected chi connectivity index (χ0v) is 13.3. The van der Waals surface area contributed by atoms with Crippen molar-refractivity contribution < 1.29 is 4.74 Å². The second kappa shape index (κ2) is 8.82. The normalized spacial score (nSPS) is 16.2. The van der Waals surface area contributed by atoms with Gasteiger partial charge >= 0.3 is 0 Å². The maximum Gasteiger partial charge on any atom is 0.228 e. The summed E-state index contributed by atoms with van der Waals surface area (Å²) < 4.78 is 5.59. The average molecular weight is 292 g/mol. The minimum absolute atomic E-state index is 0.689. The predicted molar refractivity (Wildman–Crippen MR) is 85.9 cm³/mol. The Morgan fingerprint density at radius 2 is 2.10 bits per heavy atom. The number of nitrogens with one attached hydrogen (secondary N) is 1. The van der Waals surface area contributed by atoms with E-state index in [0.717, 1.165) is 44.5 Å². The number of hydrogen-bond donors (Lipinski definition) is 1. The molecule has 118 valence electrons. The summed E-state index contributed by atoms with van der Waals surface area (Å²) in [6.07, 6.45) is 6.41. The van der Waals surface area contributed by atoms with Crippen LogP contribution in [0.3, 0.4) is 0 Å². The molecule has 1 aromatic rings. The van der Waals surface area contributed by atoms with Crippen LogP contribution in [0.4, 0.5) is 5.95 Å². The molecule has 2 rings (SSSR count). The van der Waals surface area contributed by atoms with Crippen LogP contribution < -0.4 is 15.0 Å². The summed E-state index contributed by atoms with van der Waals surface area (Å²) in [5.74, 6) is 2.28. The van der Waals surface area contributed by atoms with Crippen molar-refractivity contribution in [3.63, 3.8) is 0 Å². The highest BCUT2D eigenvalue weighted by molar-refractivity contribution is 5.32. The summed E-state index contributed by atoms with van der Waals surface area (Å²) in [4.78, 5) is 11.2. The summed E-state index contributed by atoms with van der Waals surface area (Å²) in [5, 5.41) is 3.52. The monoisotopic (exact) mass is 292 g/mol. The Labute approximate surface area is 128 Å². The highest BCUT2D eigenvalue weighted by atomic mass is 16.5. The number of aromatic nitrogens is 2. The molecule has 0 atom stereocenters. The number of ether oxygens (including phenoxy) is 1. The molecule has 0 aliphatic carbocycles. The van der Waals surface area contributed by atoms with E-state index in [1.165, 1.54) is 19.3 Å². The van der Waals surface area contributed by atoms with Crippen molar-refractivity contribution in [2.24, 2.45) is 5.92 Å². The van der Waals surface area contributed by atoms with Gasteiger partial charge in [-0.1, -0.05) is 13.8 Å². The quantitative estimate of drug-likeness (QED) is 0.746. The molecule has 1 aliphatic heterocycles. The van der Waals surface area contributed by atoms with Crippen LogP contribution in [0.1, 0.15) is 39.5 Å². The molecule has 0 saturated carbocycles. The second-order valence-corrected chi connectivity index (χ2v) is 5.68. The van der Waals surface area contributed by atoms with Gasteiger partial charge in [0.2, 0.25) is 11.8 Å². The smallest absolute Gasteiger partial charge is 0.228 e. The first-order valence-corrected chi connectivity index (χ1v) is 8.25. The minimum atomic E-state index is 0.689. The molecule has 0 bridgehead atoms. The van der Waals surface area contributed by atoms with Crippen LogP contribution in [0, 0.1) is 5.92 Å². The first kappa shape index (κ1) is 16.0. The number of rotatable bonds is 8. The second-order valence-electron chi connectivity index (χ2n) is 5.68. The fourth-order valence-corrected chi connectivity index (χ4v) is 2.59. The Kier molecular flexibility index (Phi) is 6.73. The Hall–Kier alpha value is -1.36. The first-order valence-electron chi connectivity index (χ1n) is 8.25. The molecule has 0 amide bonds. The lowest BCUT2D eigenvalue weighted by Crippen LogP contribution is -2.38. The molecule has 1 fully saturated rings. The highest BCUT2D eigenvalue weighted by Gasteiger charge is 2.20. The van der Waals surface area contributed by atoms with Gasteiger partial charge in [0.05, 0.1) is 6.61 Å². The number of hydrogen-bond acceptors (Lipinski definition) is 5. The van der Waals surface area contributed by atoms with E-state index in [2.05, 4.69) is 34.0 Å². The molecular weight excluding hydrogens is 264 g/mol. The highest BCUT2D eigenvalue weighted by Crippen LogP contribution is 2.21. The Bertz CT molecular complexity index is 405. The molecule has 5 nitrogen and oxygen atoms in total. The molecule has 0 aromatic carbocycles. The van der Waals surface area contributed by atoms with E-state index in [0.29, 0.717) is 12.5 Å². The molecule has 0 radical (unpaired) electrons. The Balaban J connectivity index is 1.81. The molecule has 5 heteroatoms. The maximum absolute atomic E-state index is 5.59. The van der Waals surface area contributed by atoms with E-state index in [1.807, 2.05) is 6.07 Å². The van der Waals surface area contributed by atoms with Crippen LogP contribution >= 0.6 is 0 Å². The largest absolute Gasteiger partial charge is 0.478 e. The van der Waals surface area contributed by atoms with Crippen molar-refractivity contribution in [2.75, 3.05) is 37.7 Å². The van der Waals surface area contributed by atoms with Crippen LogP contribution in [0.15, 0.2) is 12.3 Å². The zero-order chi connectivity index (χ0) is 14.9. The van der Waals surface area contributed by atoms with Gasteiger partial charge in [-0.05, 0) is 44.7 Å². The third-order valence-electron chi connectivity index (χ3n) is 3.83. The summed E-state index contributed by atoms with van der Waals surface area (Å²) in [6.45, 7) is 9.36. The molecular formula is C16H28N4O. The van der Waals surface area contributed by atoms with Crippen LogP contribution in [-0.2, 0) is 0 Å². The molecule has 0 unspecified atom stereocenters. The van der Waals surface area contributed by atoms with E-state index < -0.39 is 0 Å². The Morgan fingerprint density at radius 3 is 2.81 bits per heavy atom. The Morgan fingerprint density at radius 1 is 1.29 bits per heavy atom. The first-order chi connectivity index (χ1) is 10.3. The van der Waals surface area contributed by atoms with Crippen molar-refractivity contribution in [2.45, 2.75) is 39.5 Å². The minimum Gasteiger partial charge on any atom is -0.478 e. The molecule has 1 saturated heterocycles. The standard InChI is InChI=1S/C16H28N4O/c1-3-8-17-13-14-6-10-20(11-7-14)16-18-9-5-15(19-16)21-12-4-2/h5,9,14,17H,3-4,6-8,10-13H2,1-2H3. The van der Waals surface area contributed by atoms with Crippen LogP contribution in [-0.4, -0.2) is 42.8 Å². The molecule has 0 spiro atoms. The van der Waals surface area contributed by atoms with Gasteiger partial charge in [-0.3, -0.25) is 0 Å². The molecule has 1 N–H and O–H groups in total. The van der Waals surface area contributed by atoms with E-state index in [9.17, 15) is 0 Å². The van der Waals surface area contributed by atoms with Gasteiger partial charge in [-0.2, -0.15) is 4.98 Å². The van der Waals surface area contributed by atoms with E-state index in [-0.39, 0.29) is 0 Å². The van der Waals surface area contributed by atoms with Gasteiger partial charge in [0.1, 0.15) is 0 Å². The van der Waals surface area contributed by atoms with E-state index >= 15 is 0 Å². The van der Waals surface area contributed by atoms with Gasteiger partial charge in [0, 0.05) is 25.4 Å². The summed E-state index contributed by atoms with van der Waals surface area (Å²) >= 11 is 0. The maximum atomic E-state index is 5.59. The topological polar surface area (TPSA) is 50.3 Å². The summed E-state index contributed by atoms with van der Waals surface area (Å²) in [7, 11) is 0. The molecule has 21 heavy (non-hydrogen) atoms. The zero-order valence-electron chi connectivity index (χ0n) is 13.3. The fraction of sp³-hybridized carbons (Fsp3) is 0.750. The van der Waals surface area contributed by atoms with Crippen molar-refractivity contribution in [3.05, 3.63) is 12.3 Å². The van der Waals surface area contributed by atoms with Crippen molar-refractivity contribution in [1.82, 2.24) is 15.3 Å². The SMILES string of the molecule is CCCNCC1CCN(c2nccc(OCCC)n2)CC1. The lowest BCUT2D eigenvalue weighted by molar-refractivity contribution is 0.304. The van der Waals surface area contributed by atoms with Crippen LogP contribution in [0.5, 0.6) is 5.88 Å². The van der Waals surface area contributed by atoms with Crippen molar-refractivity contribution >= 4 is 5.95 Å². The van der Waals surface area contributed by atoms with E-state index in [4.69, 9.17) is 4.74 Å². The predicted octanol–water partition coefficient (Wildman–Crippen LogP) is 2.48. The average Bonchev–Trinajstić information content (AvgIpc) is 2.54. The van der Waals surface area contributed by atoms with Crippen molar-refractivity contribution in [1.29, 1.82) is 0 Å². The molecule has 1 aromatic heterocycles. The molecule has 1 aliphatic rings. The van der Waals surface area contributed by atoms with E-state index in [1.54, 1.807) is 6.20 Å². The summed E-state index contributed by atoms with van der Waals surface area (Å²) in [6, 6.07) is 1.83. The van der Waals surface area contributed by atoms with Gasteiger partial charge in [-0.25, -0.2) is 4.98 Å². The van der Waals surface area contributed by atoms with Gasteiger partial charge in [-0.15, -0.1) is 0 Å². The number of nitrogens with zero attached hydrogens (tertiary/aromatic N) is 3. The fourth-order valence-electron chi connectivity index (χ4n) is 2.59. The lowest BCUT2D eigenvalue weighted by Gasteiger charge is -2.32. The number of anilines is 1. The van der Waals surface area contributed by atoms with Gasteiger partial charge in [0.25, 0.3) is 0 Å². The van der Waals surface area contributed by atoms with Crippen LogP contribution in [0.2, 0.25) is 0 Å².